The molecule has 1 aromatic carbocycles. The summed E-state index contributed by atoms with van der Waals surface area (Å²) in [6.07, 6.45) is 3.34. The van der Waals surface area contributed by atoms with Crippen LogP contribution < -0.4 is 10.6 Å². The van der Waals surface area contributed by atoms with Gasteiger partial charge in [-0.3, -0.25) is 0 Å². The third-order valence-electron chi connectivity index (χ3n) is 3.26. The second kappa shape index (κ2) is 7.78. The van der Waals surface area contributed by atoms with Gasteiger partial charge in [-0.15, -0.1) is 5.10 Å². The third-order valence-corrected chi connectivity index (χ3v) is 3.26. The highest BCUT2D eigenvalue weighted by Crippen LogP contribution is 2.19. The van der Waals surface area contributed by atoms with Crippen LogP contribution in [0, 0.1) is 0 Å². The Morgan fingerprint density at radius 3 is 2.52 bits per heavy atom. The van der Waals surface area contributed by atoms with Crippen molar-refractivity contribution in [1.29, 1.82) is 0 Å². The second-order valence-corrected chi connectivity index (χ2v) is 5.19. The molecule has 21 heavy (non-hydrogen) atoms. The number of rotatable bonds is 8. The van der Waals surface area contributed by atoms with Crippen LogP contribution in [0.25, 0.3) is 0 Å². The third kappa shape index (κ3) is 4.56. The van der Waals surface area contributed by atoms with E-state index in [4.69, 9.17) is 4.42 Å². The summed E-state index contributed by atoms with van der Waals surface area (Å²) in [5, 5.41) is 14.6. The molecule has 0 saturated heterocycles. The van der Waals surface area contributed by atoms with Gasteiger partial charge in [-0.05, 0) is 44.0 Å². The maximum Gasteiger partial charge on any atom is 0.320 e. The van der Waals surface area contributed by atoms with Crippen molar-refractivity contribution in [3.05, 3.63) is 35.7 Å². The number of hydrogen-bond donors (Lipinski definition) is 2. The molecule has 1 unspecified atom stereocenters. The zero-order valence-electron chi connectivity index (χ0n) is 13.0. The lowest BCUT2D eigenvalue weighted by Gasteiger charge is -2.07. The zero-order valence-corrected chi connectivity index (χ0v) is 13.0. The van der Waals surface area contributed by atoms with Crippen LogP contribution in [0.3, 0.4) is 0 Å². The predicted octanol–water partition coefficient (Wildman–Crippen LogP) is 3.83. The molecular formula is C16H24N4O. The molecule has 0 amide bonds. The van der Waals surface area contributed by atoms with E-state index < -0.39 is 0 Å². The minimum Gasteiger partial charge on any atom is -0.406 e. The van der Waals surface area contributed by atoms with Gasteiger partial charge in [-0.25, -0.2) is 0 Å². The molecule has 0 aliphatic heterocycles. The average Bonchev–Trinajstić information content (AvgIpc) is 2.96. The number of hydrogen-bond acceptors (Lipinski definition) is 5. The lowest BCUT2D eigenvalue weighted by Crippen LogP contribution is -2.19. The van der Waals surface area contributed by atoms with E-state index in [1.165, 1.54) is 5.56 Å². The molecule has 2 rings (SSSR count). The zero-order chi connectivity index (χ0) is 15.1. The van der Waals surface area contributed by atoms with Crippen molar-refractivity contribution in [2.45, 2.75) is 46.1 Å². The Morgan fingerprint density at radius 2 is 1.86 bits per heavy atom. The van der Waals surface area contributed by atoms with Gasteiger partial charge in [0.05, 0.1) is 6.04 Å². The van der Waals surface area contributed by atoms with Crippen molar-refractivity contribution < 1.29 is 4.42 Å². The number of anilines is 2. The summed E-state index contributed by atoms with van der Waals surface area (Å²) in [6, 6.07) is 8.81. The molecule has 0 fully saturated rings. The summed E-state index contributed by atoms with van der Waals surface area (Å²) in [5.41, 5.74) is 2.30. The van der Waals surface area contributed by atoms with Crippen LogP contribution in [0.5, 0.6) is 0 Å². The van der Waals surface area contributed by atoms with E-state index in [1.54, 1.807) is 0 Å². The first-order chi connectivity index (χ1) is 10.2. The number of aromatic nitrogens is 2. The number of aryl methyl sites for hydroxylation is 1. The van der Waals surface area contributed by atoms with Gasteiger partial charge in [0.25, 0.3) is 0 Å². The van der Waals surface area contributed by atoms with E-state index in [1.807, 2.05) is 19.1 Å². The minimum atomic E-state index is 0.0694. The van der Waals surface area contributed by atoms with Gasteiger partial charge in [0.1, 0.15) is 0 Å². The van der Waals surface area contributed by atoms with Crippen molar-refractivity contribution in [2.24, 2.45) is 0 Å². The van der Waals surface area contributed by atoms with Gasteiger partial charge in [0, 0.05) is 5.69 Å². The summed E-state index contributed by atoms with van der Waals surface area (Å²) in [7, 11) is 0. The van der Waals surface area contributed by atoms with Crippen LogP contribution in [0.2, 0.25) is 0 Å². The van der Waals surface area contributed by atoms with Crippen molar-refractivity contribution in [3.63, 3.8) is 0 Å². The molecule has 0 bridgehead atoms. The van der Waals surface area contributed by atoms with E-state index in [0.29, 0.717) is 11.9 Å². The number of nitrogens with zero attached hydrogens (tertiary/aromatic N) is 2. The van der Waals surface area contributed by atoms with Crippen molar-refractivity contribution in [1.82, 2.24) is 15.5 Å². The van der Waals surface area contributed by atoms with E-state index >= 15 is 0 Å². The van der Waals surface area contributed by atoms with E-state index in [9.17, 15) is 0 Å². The standard InChI is InChI=1S/C16H24N4O/c1-4-6-13-7-9-14(10-8-13)18-16-20-19-15(21-16)12(3)17-11-5-2/h7-10,12,17H,4-6,11H2,1-3H3,(H,18,20). The smallest absolute Gasteiger partial charge is 0.320 e. The Morgan fingerprint density at radius 1 is 1.10 bits per heavy atom. The summed E-state index contributed by atoms with van der Waals surface area (Å²) in [6.45, 7) is 7.26. The normalized spacial score (nSPS) is 12.3. The molecule has 114 valence electrons. The first kappa shape index (κ1) is 15.5. The summed E-state index contributed by atoms with van der Waals surface area (Å²) >= 11 is 0. The lowest BCUT2D eigenvalue weighted by molar-refractivity contribution is 0.424. The highest BCUT2D eigenvalue weighted by Gasteiger charge is 2.13. The van der Waals surface area contributed by atoms with Crippen LogP contribution in [-0.2, 0) is 6.42 Å². The largest absolute Gasteiger partial charge is 0.406 e. The van der Waals surface area contributed by atoms with Gasteiger partial charge in [-0.1, -0.05) is 37.5 Å². The van der Waals surface area contributed by atoms with E-state index in [-0.39, 0.29) is 6.04 Å². The molecule has 2 aromatic rings. The molecule has 1 heterocycles. The summed E-state index contributed by atoms with van der Waals surface area (Å²) in [5.74, 6) is 0.605. The molecule has 0 aliphatic carbocycles. The molecule has 1 atom stereocenters. The fraction of sp³-hybridized carbons (Fsp3) is 0.500. The van der Waals surface area contributed by atoms with Gasteiger partial charge < -0.3 is 15.1 Å². The Labute approximate surface area is 126 Å². The molecule has 2 N–H and O–H groups in total. The van der Waals surface area contributed by atoms with Crippen LogP contribution >= 0.6 is 0 Å². The maximum atomic E-state index is 5.63. The molecule has 0 radical (unpaired) electrons. The molecule has 5 nitrogen and oxygen atoms in total. The van der Waals surface area contributed by atoms with Gasteiger partial charge in [0.2, 0.25) is 5.89 Å². The molecule has 5 heteroatoms. The van der Waals surface area contributed by atoms with Crippen LogP contribution in [0.4, 0.5) is 11.7 Å². The van der Waals surface area contributed by atoms with Gasteiger partial charge >= 0.3 is 6.01 Å². The Balaban J connectivity index is 1.95. The van der Waals surface area contributed by atoms with Crippen molar-refractivity contribution in [3.8, 4) is 0 Å². The van der Waals surface area contributed by atoms with Gasteiger partial charge in [0.15, 0.2) is 0 Å². The molecule has 0 spiro atoms. The summed E-state index contributed by atoms with van der Waals surface area (Å²) < 4.78 is 5.63. The predicted molar refractivity (Wildman–Crippen MR) is 84.7 cm³/mol. The highest BCUT2D eigenvalue weighted by molar-refractivity contribution is 5.52. The monoisotopic (exact) mass is 288 g/mol. The Kier molecular flexibility index (Phi) is 5.75. The van der Waals surface area contributed by atoms with E-state index in [0.717, 1.165) is 31.5 Å². The fourth-order valence-corrected chi connectivity index (χ4v) is 2.08. The maximum absolute atomic E-state index is 5.63. The highest BCUT2D eigenvalue weighted by atomic mass is 16.4. The average molecular weight is 288 g/mol. The number of benzene rings is 1. The molecule has 1 aromatic heterocycles. The van der Waals surface area contributed by atoms with Crippen molar-refractivity contribution >= 4 is 11.7 Å². The first-order valence-electron chi connectivity index (χ1n) is 7.65. The van der Waals surface area contributed by atoms with Crippen LogP contribution in [-0.4, -0.2) is 16.7 Å². The SMILES string of the molecule is CCCNC(C)c1nnc(Nc2ccc(CCC)cc2)o1. The van der Waals surface area contributed by atoms with E-state index in [2.05, 4.69) is 46.8 Å². The lowest BCUT2D eigenvalue weighted by atomic mass is 10.1. The molecular weight excluding hydrogens is 264 g/mol. The Bertz CT molecular complexity index is 535. The quantitative estimate of drug-likeness (QED) is 0.773. The molecule has 0 saturated carbocycles. The van der Waals surface area contributed by atoms with Crippen LogP contribution in [0.15, 0.2) is 28.7 Å². The number of nitrogens with one attached hydrogen (secondary N) is 2. The second-order valence-electron chi connectivity index (χ2n) is 5.19. The van der Waals surface area contributed by atoms with Crippen molar-refractivity contribution in [2.75, 3.05) is 11.9 Å². The molecule has 0 aliphatic rings. The van der Waals surface area contributed by atoms with Crippen LogP contribution in [0.1, 0.15) is 51.1 Å². The summed E-state index contributed by atoms with van der Waals surface area (Å²) in [4.78, 5) is 0. The minimum absolute atomic E-state index is 0.0694. The fourth-order valence-electron chi connectivity index (χ4n) is 2.08. The Hall–Kier alpha value is -1.88. The topological polar surface area (TPSA) is 63.0 Å². The van der Waals surface area contributed by atoms with Gasteiger partial charge in [-0.2, -0.15) is 0 Å². The first-order valence-corrected chi connectivity index (χ1v) is 7.65.